The molecule has 0 saturated carbocycles. The number of carbonyl (C=O) groups excluding carboxylic acids is 2. The molecule has 2 heterocycles. The normalized spacial score (nSPS) is 15.9. The summed E-state index contributed by atoms with van der Waals surface area (Å²) in [7, 11) is 0. The van der Waals surface area contributed by atoms with Gasteiger partial charge in [-0.15, -0.1) is 11.3 Å². The molecule has 1 aromatic carbocycles. The van der Waals surface area contributed by atoms with E-state index >= 15 is 0 Å². The molecule has 0 N–H and O–H groups in total. The van der Waals surface area contributed by atoms with Gasteiger partial charge in [-0.3, -0.25) is 9.59 Å². The van der Waals surface area contributed by atoms with Crippen LogP contribution in [0.5, 0.6) is 0 Å². The van der Waals surface area contributed by atoms with E-state index in [9.17, 15) is 9.59 Å². The topological polar surface area (TPSA) is 59.5 Å². The third-order valence-electron chi connectivity index (χ3n) is 4.52. The van der Waals surface area contributed by atoms with Gasteiger partial charge in [0, 0.05) is 29.1 Å². The number of carbonyl (C=O) groups is 2. The molecule has 7 heteroatoms. The SMILES string of the molecule is CC(OC(=O)Cc1csc(-c2cccc(Cl)c2)n1)C(=O)N1CCCCCC1. The van der Waals surface area contributed by atoms with Gasteiger partial charge in [-0.25, -0.2) is 4.98 Å². The zero-order valence-electron chi connectivity index (χ0n) is 15.3. The van der Waals surface area contributed by atoms with Crippen LogP contribution in [0.1, 0.15) is 38.3 Å². The van der Waals surface area contributed by atoms with Gasteiger partial charge in [-0.05, 0) is 31.9 Å². The Bertz CT molecular complexity index is 800. The van der Waals surface area contributed by atoms with E-state index in [0.717, 1.165) is 49.3 Å². The minimum Gasteiger partial charge on any atom is -0.452 e. The number of nitrogens with zero attached hydrogens (tertiary/aromatic N) is 2. The number of rotatable bonds is 5. The van der Waals surface area contributed by atoms with Crippen LogP contribution in [0.4, 0.5) is 0 Å². The van der Waals surface area contributed by atoms with Gasteiger partial charge in [0.15, 0.2) is 6.10 Å². The summed E-state index contributed by atoms with van der Waals surface area (Å²) >= 11 is 7.46. The smallest absolute Gasteiger partial charge is 0.312 e. The van der Waals surface area contributed by atoms with Crippen molar-refractivity contribution < 1.29 is 14.3 Å². The molecule has 1 aliphatic heterocycles. The molecule has 2 aromatic rings. The van der Waals surface area contributed by atoms with E-state index < -0.39 is 12.1 Å². The second kappa shape index (κ2) is 9.33. The molecule has 0 radical (unpaired) electrons. The number of halogens is 1. The Morgan fingerprint density at radius 1 is 1.26 bits per heavy atom. The fourth-order valence-corrected chi connectivity index (χ4v) is 4.13. The number of likely N-dealkylation sites (tertiary alicyclic amines) is 1. The molecular formula is C20H23ClN2O3S. The number of hydrogen-bond donors (Lipinski definition) is 0. The van der Waals surface area contributed by atoms with Gasteiger partial charge in [0.1, 0.15) is 5.01 Å². The van der Waals surface area contributed by atoms with E-state index in [2.05, 4.69) is 4.98 Å². The molecule has 144 valence electrons. The Balaban J connectivity index is 1.55. The Morgan fingerprint density at radius 3 is 2.70 bits per heavy atom. The zero-order valence-corrected chi connectivity index (χ0v) is 16.9. The van der Waals surface area contributed by atoms with Crippen molar-refractivity contribution in [3.63, 3.8) is 0 Å². The van der Waals surface area contributed by atoms with Crippen molar-refractivity contribution in [1.29, 1.82) is 0 Å². The molecule has 1 atom stereocenters. The molecule has 5 nitrogen and oxygen atoms in total. The lowest BCUT2D eigenvalue weighted by Crippen LogP contribution is -2.40. The van der Waals surface area contributed by atoms with Crippen molar-refractivity contribution in [2.24, 2.45) is 0 Å². The lowest BCUT2D eigenvalue weighted by atomic mass is 10.2. The van der Waals surface area contributed by atoms with Gasteiger partial charge in [0.25, 0.3) is 5.91 Å². The average molecular weight is 407 g/mol. The highest BCUT2D eigenvalue weighted by atomic mass is 35.5. The highest BCUT2D eigenvalue weighted by Crippen LogP contribution is 2.26. The van der Waals surface area contributed by atoms with Crippen molar-refractivity contribution in [3.05, 3.63) is 40.4 Å². The molecule has 1 unspecified atom stereocenters. The molecule has 1 amide bonds. The minimum atomic E-state index is -0.762. The van der Waals surface area contributed by atoms with Gasteiger partial charge >= 0.3 is 5.97 Å². The Labute approximate surface area is 168 Å². The van der Waals surface area contributed by atoms with E-state index in [1.165, 1.54) is 11.3 Å². The maximum Gasteiger partial charge on any atom is 0.312 e. The summed E-state index contributed by atoms with van der Waals surface area (Å²) in [5, 5.41) is 3.28. The van der Waals surface area contributed by atoms with E-state index in [1.807, 2.05) is 28.5 Å². The van der Waals surface area contributed by atoms with Crippen LogP contribution in [0.25, 0.3) is 10.6 Å². The lowest BCUT2D eigenvalue weighted by Gasteiger charge is -2.23. The summed E-state index contributed by atoms with van der Waals surface area (Å²) < 4.78 is 5.36. The van der Waals surface area contributed by atoms with Gasteiger partial charge in [0.2, 0.25) is 0 Å². The molecule has 1 aliphatic rings. The van der Waals surface area contributed by atoms with Crippen LogP contribution in [0.3, 0.4) is 0 Å². The third-order valence-corrected chi connectivity index (χ3v) is 5.70. The minimum absolute atomic E-state index is 0.0503. The van der Waals surface area contributed by atoms with E-state index in [4.69, 9.17) is 16.3 Å². The van der Waals surface area contributed by atoms with E-state index in [-0.39, 0.29) is 12.3 Å². The number of hydrogen-bond acceptors (Lipinski definition) is 5. The van der Waals surface area contributed by atoms with Crippen molar-refractivity contribution >= 4 is 34.8 Å². The summed E-state index contributed by atoms with van der Waals surface area (Å²) in [6, 6.07) is 7.43. The van der Waals surface area contributed by atoms with Crippen LogP contribution in [0, 0.1) is 0 Å². The average Bonchev–Trinajstić information content (AvgIpc) is 2.93. The Hall–Kier alpha value is -1.92. The largest absolute Gasteiger partial charge is 0.452 e. The molecule has 0 bridgehead atoms. The van der Waals surface area contributed by atoms with Crippen LogP contribution < -0.4 is 0 Å². The number of aromatic nitrogens is 1. The number of amides is 1. The fourth-order valence-electron chi connectivity index (χ4n) is 3.13. The predicted octanol–water partition coefficient (Wildman–Crippen LogP) is 4.34. The Morgan fingerprint density at radius 2 is 2.00 bits per heavy atom. The molecule has 27 heavy (non-hydrogen) atoms. The molecule has 1 aromatic heterocycles. The summed E-state index contributed by atoms with van der Waals surface area (Å²) in [6.45, 7) is 3.13. The fraction of sp³-hybridized carbons (Fsp3) is 0.450. The maximum absolute atomic E-state index is 12.5. The first-order valence-electron chi connectivity index (χ1n) is 9.21. The number of ether oxygens (including phenoxy) is 1. The first kappa shape index (κ1) is 19.8. The molecular weight excluding hydrogens is 384 g/mol. The molecule has 3 rings (SSSR count). The van der Waals surface area contributed by atoms with Crippen LogP contribution in [-0.4, -0.2) is 41.0 Å². The summed E-state index contributed by atoms with van der Waals surface area (Å²) in [5.74, 6) is -0.545. The Kier molecular flexibility index (Phi) is 6.85. The van der Waals surface area contributed by atoms with Crippen molar-refractivity contribution in [1.82, 2.24) is 9.88 Å². The molecule has 1 fully saturated rings. The van der Waals surface area contributed by atoms with Crippen molar-refractivity contribution in [2.75, 3.05) is 13.1 Å². The molecule has 1 saturated heterocycles. The van der Waals surface area contributed by atoms with Crippen molar-refractivity contribution in [3.8, 4) is 10.6 Å². The predicted molar refractivity (Wildman–Crippen MR) is 107 cm³/mol. The van der Waals surface area contributed by atoms with Crippen molar-refractivity contribution in [2.45, 2.75) is 45.1 Å². The maximum atomic E-state index is 12.5. The number of thiazole rings is 1. The van der Waals surface area contributed by atoms with Crippen LogP contribution >= 0.6 is 22.9 Å². The highest BCUT2D eigenvalue weighted by Gasteiger charge is 2.24. The quantitative estimate of drug-likeness (QED) is 0.693. The second-order valence-corrected chi connectivity index (χ2v) is 8.00. The first-order valence-corrected chi connectivity index (χ1v) is 10.5. The van der Waals surface area contributed by atoms with E-state index in [0.29, 0.717) is 10.7 Å². The molecule has 0 spiro atoms. The van der Waals surface area contributed by atoms with Gasteiger partial charge in [0.05, 0.1) is 12.1 Å². The van der Waals surface area contributed by atoms with Gasteiger partial charge in [-0.2, -0.15) is 0 Å². The van der Waals surface area contributed by atoms with Gasteiger partial charge in [-0.1, -0.05) is 36.6 Å². The highest BCUT2D eigenvalue weighted by molar-refractivity contribution is 7.13. The molecule has 0 aliphatic carbocycles. The summed E-state index contributed by atoms with van der Waals surface area (Å²) in [6.07, 6.45) is 3.61. The first-order chi connectivity index (χ1) is 13.0. The second-order valence-electron chi connectivity index (χ2n) is 6.70. The van der Waals surface area contributed by atoms with Gasteiger partial charge < -0.3 is 9.64 Å². The summed E-state index contributed by atoms with van der Waals surface area (Å²) in [5.41, 5.74) is 1.55. The lowest BCUT2D eigenvalue weighted by molar-refractivity contribution is -0.158. The summed E-state index contributed by atoms with van der Waals surface area (Å²) in [4.78, 5) is 31.0. The number of benzene rings is 1. The van der Waals surface area contributed by atoms with Crippen LogP contribution in [0.2, 0.25) is 5.02 Å². The van der Waals surface area contributed by atoms with E-state index in [1.54, 1.807) is 13.0 Å². The standard InChI is InChI=1S/C20H23ClN2O3S/c1-14(20(25)23-9-4-2-3-5-10-23)26-18(24)12-17-13-27-19(22-17)15-7-6-8-16(21)11-15/h6-8,11,13-14H,2-5,9-10,12H2,1H3. The van der Waals surface area contributed by atoms with Crippen LogP contribution in [0.15, 0.2) is 29.6 Å². The monoisotopic (exact) mass is 406 g/mol. The van der Waals surface area contributed by atoms with Crippen LogP contribution in [-0.2, 0) is 20.7 Å². The number of esters is 1. The third kappa shape index (κ3) is 5.53. The zero-order chi connectivity index (χ0) is 19.2.